The summed E-state index contributed by atoms with van der Waals surface area (Å²) in [4.78, 5) is 23.3. The third-order valence-electron chi connectivity index (χ3n) is 4.20. The molecule has 0 saturated heterocycles. The fourth-order valence-corrected chi connectivity index (χ4v) is 2.89. The van der Waals surface area contributed by atoms with E-state index in [1.807, 2.05) is 50.2 Å². The summed E-state index contributed by atoms with van der Waals surface area (Å²) < 4.78 is 0. The lowest BCUT2D eigenvalue weighted by Gasteiger charge is -2.23. The molecule has 1 unspecified atom stereocenters. The summed E-state index contributed by atoms with van der Waals surface area (Å²) in [5, 5.41) is 17.1. The Hall–Kier alpha value is -3.02. The van der Waals surface area contributed by atoms with Gasteiger partial charge in [0.25, 0.3) is 5.69 Å². The van der Waals surface area contributed by atoms with E-state index in [0.717, 1.165) is 16.8 Å². The third-order valence-corrected chi connectivity index (χ3v) is 4.20. The van der Waals surface area contributed by atoms with Gasteiger partial charge in [-0.3, -0.25) is 14.9 Å². The minimum Gasteiger partial charge on any atom is -0.273 e. The van der Waals surface area contributed by atoms with Gasteiger partial charge in [0.15, 0.2) is 0 Å². The summed E-state index contributed by atoms with van der Waals surface area (Å²) in [7, 11) is 0. The van der Waals surface area contributed by atoms with Crippen LogP contribution in [0.3, 0.4) is 0 Å². The predicted molar refractivity (Wildman–Crippen MR) is 95.1 cm³/mol. The molecule has 25 heavy (non-hydrogen) atoms. The van der Waals surface area contributed by atoms with Crippen molar-refractivity contribution in [2.24, 2.45) is 11.0 Å². The fraction of sp³-hybridized carbons (Fsp3) is 0.263. The van der Waals surface area contributed by atoms with Gasteiger partial charge in [0, 0.05) is 24.5 Å². The number of nitrogens with zero attached hydrogens (tertiary/aromatic N) is 3. The summed E-state index contributed by atoms with van der Waals surface area (Å²) >= 11 is 0. The Balaban J connectivity index is 1.99. The van der Waals surface area contributed by atoms with Crippen molar-refractivity contribution in [3.63, 3.8) is 0 Å². The molecule has 0 fully saturated rings. The number of hydrazone groups is 1. The summed E-state index contributed by atoms with van der Waals surface area (Å²) in [6.07, 6.45) is 0.531. The lowest BCUT2D eigenvalue weighted by molar-refractivity contribution is -0.384. The maximum Gasteiger partial charge on any atom is 0.269 e. The SMILES string of the molecule is CC(C)C(=O)N1N=C(c2ccccc2)CC1c1cccc([N+](=O)[O-])c1. The van der Waals surface area contributed by atoms with Crippen LogP contribution in [0, 0.1) is 16.0 Å². The molecule has 6 heteroatoms. The van der Waals surface area contributed by atoms with Gasteiger partial charge in [-0.25, -0.2) is 5.01 Å². The van der Waals surface area contributed by atoms with Crippen molar-refractivity contribution in [1.29, 1.82) is 0 Å². The van der Waals surface area contributed by atoms with Crippen LogP contribution in [0.2, 0.25) is 0 Å². The van der Waals surface area contributed by atoms with Crippen LogP contribution in [0.4, 0.5) is 5.69 Å². The number of nitro benzene ring substituents is 1. The van der Waals surface area contributed by atoms with Gasteiger partial charge >= 0.3 is 0 Å². The zero-order valence-electron chi connectivity index (χ0n) is 14.1. The number of benzene rings is 2. The van der Waals surface area contributed by atoms with E-state index in [1.54, 1.807) is 6.07 Å². The van der Waals surface area contributed by atoms with E-state index < -0.39 is 4.92 Å². The van der Waals surface area contributed by atoms with Crippen LogP contribution in [0.15, 0.2) is 59.7 Å². The molecular formula is C19H19N3O3. The molecule has 0 aliphatic carbocycles. The first-order valence-corrected chi connectivity index (χ1v) is 8.17. The molecule has 0 radical (unpaired) electrons. The van der Waals surface area contributed by atoms with Gasteiger partial charge in [-0.1, -0.05) is 56.3 Å². The van der Waals surface area contributed by atoms with Crippen molar-refractivity contribution >= 4 is 17.3 Å². The van der Waals surface area contributed by atoms with E-state index in [0.29, 0.717) is 6.42 Å². The normalized spacial score (nSPS) is 16.8. The summed E-state index contributed by atoms with van der Waals surface area (Å²) in [5.74, 6) is -0.303. The molecule has 0 aromatic heterocycles. The Bertz CT molecular complexity index is 831. The maximum atomic E-state index is 12.6. The van der Waals surface area contributed by atoms with Crippen LogP contribution in [-0.2, 0) is 4.79 Å². The number of rotatable bonds is 4. The third kappa shape index (κ3) is 3.42. The second-order valence-corrected chi connectivity index (χ2v) is 6.32. The number of carbonyl (C=O) groups excluding carboxylic acids is 1. The average Bonchev–Trinajstić information content (AvgIpc) is 3.07. The highest BCUT2D eigenvalue weighted by molar-refractivity contribution is 6.03. The van der Waals surface area contributed by atoms with Crippen LogP contribution in [0.1, 0.15) is 37.4 Å². The lowest BCUT2D eigenvalue weighted by atomic mass is 9.97. The van der Waals surface area contributed by atoms with Crippen molar-refractivity contribution in [2.45, 2.75) is 26.3 Å². The van der Waals surface area contributed by atoms with E-state index in [2.05, 4.69) is 5.10 Å². The van der Waals surface area contributed by atoms with Gasteiger partial charge in [0.1, 0.15) is 0 Å². The summed E-state index contributed by atoms with van der Waals surface area (Å²) in [6, 6.07) is 15.8. The van der Waals surface area contributed by atoms with Crippen molar-refractivity contribution in [1.82, 2.24) is 5.01 Å². The molecule has 0 bridgehead atoms. The molecule has 1 atom stereocenters. The molecule has 1 heterocycles. The van der Waals surface area contributed by atoms with Gasteiger partial charge < -0.3 is 0 Å². The van der Waals surface area contributed by atoms with Crippen LogP contribution < -0.4 is 0 Å². The Kier molecular flexibility index (Phi) is 4.61. The minimum absolute atomic E-state index is 0.0163. The average molecular weight is 337 g/mol. The summed E-state index contributed by atoms with van der Waals surface area (Å²) in [6.45, 7) is 3.64. The van der Waals surface area contributed by atoms with Crippen molar-refractivity contribution in [2.75, 3.05) is 0 Å². The smallest absolute Gasteiger partial charge is 0.269 e. The molecule has 1 aliphatic rings. The Labute approximate surface area is 145 Å². The first-order chi connectivity index (χ1) is 12.0. The second-order valence-electron chi connectivity index (χ2n) is 6.32. The molecule has 6 nitrogen and oxygen atoms in total. The van der Waals surface area contributed by atoms with Crippen molar-refractivity contribution < 1.29 is 9.72 Å². The molecule has 0 N–H and O–H groups in total. The Morgan fingerprint density at radius 3 is 2.56 bits per heavy atom. The molecule has 0 saturated carbocycles. The maximum absolute atomic E-state index is 12.6. The zero-order valence-corrected chi connectivity index (χ0v) is 14.1. The number of carbonyl (C=O) groups is 1. The highest BCUT2D eigenvalue weighted by atomic mass is 16.6. The fourth-order valence-electron chi connectivity index (χ4n) is 2.89. The highest BCUT2D eigenvalue weighted by Gasteiger charge is 2.34. The molecule has 2 aromatic rings. The van der Waals surface area contributed by atoms with E-state index in [1.165, 1.54) is 17.1 Å². The lowest BCUT2D eigenvalue weighted by Crippen LogP contribution is -2.30. The molecule has 1 aliphatic heterocycles. The Morgan fingerprint density at radius 1 is 1.20 bits per heavy atom. The zero-order chi connectivity index (χ0) is 18.0. The van der Waals surface area contributed by atoms with Crippen LogP contribution in [0.25, 0.3) is 0 Å². The standard InChI is InChI=1S/C19H19N3O3/c1-13(2)19(23)21-18(15-9-6-10-16(11-15)22(24)25)12-17(20-21)14-7-4-3-5-8-14/h3-11,13,18H,12H2,1-2H3. The number of hydrogen-bond acceptors (Lipinski definition) is 4. The van der Waals surface area contributed by atoms with Gasteiger partial charge in [-0.2, -0.15) is 5.10 Å². The van der Waals surface area contributed by atoms with Crippen LogP contribution in [0.5, 0.6) is 0 Å². The summed E-state index contributed by atoms with van der Waals surface area (Å²) in [5.41, 5.74) is 2.50. The number of non-ortho nitro benzene ring substituents is 1. The molecule has 1 amide bonds. The molecular weight excluding hydrogens is 318 g/mol. The van der Waals surface area contributed by atoms with E-state index in [-0.39, 0.29) is 23.6 Å². The molecule has 2 aromatic carbocycles. The second kappa shape index (κ2) is 6.84. The monoisotopic (exact) mass is 337 g/mol. The van der Waals surface area contributed by atoms with Crippen molar-refractivity contribution in [3.05, 3.63) is 75.8 Å². The van der Waals surface area contributed by atoms with Crippen LogP contribution >= 0.6 is 0 Å². The number of nitro groups is 1. The largest absolute Gasteiger partial charge is 0.273 e. The van der Waals surface area contributed by atoms with E-state index >= 15 is 0 Å². The van der Waals surface area contributed by atoms with Gasteiger partial charge in [-0.15, -0.1) is 0 Å². The molecule has 128 valence electrons. The quantitative estimate of drug-likeness (QED) is 0.626. The topological polar surface area (TPSA) is 75.8 Å². The van der Waals surface area contributed by atoms with E-state index in [4.69, 9.17) is 0 Å². The van der Waals surface area contributed by atoms with Crippen LogP contribution in [-0.4, -0.2) is 21.6 Å². The van der Waals surface area contributed by atoms with E-state index in [9.17, 15) is 14.9 Å². The first kappa shape index (κ1) is 16.8. The van der Waals surface area contributed by atoms with Gasteiger partial charge in [0.2, 0.25) is 5.91 Å². The molecule has 0 spiro atoms. The molecule has 3 rings (SSSR count). The minimum atomic E-state index is -0.425. The highest BCUT2D eigenvalue weighted by Crippen LogP contribution is 2.35. The predicted octanol–water partition coefficient (Wildman–Crippen LogP) is 3.93. The van der Waals surface area contributed by atoms with Crippen molar-refractivity contribution in [3.8, 4) is 0 Å². The number of hydrogen-bond donors (Lipinski definition) is 0. The van der Waals surface area contributed by atoms with Gasteiger partial charge in [-0.05, 0) is 11.1 Å². The van der Waals surface area contributed by atoms with Gasteiger partial charge in [0.05, 0.1) is 16.7 Å². The Morgan fingerprint density at radius 2 is 1.92 bits per heavy atom. The number of amides is 1. The first-order valence-electron chi connectivity index (χ1n) is 8.17.